The molecule has 2 aliphatic rings. The lowest BCUT2D eigenvalue weighted by Gasteiger charge is -2.30. The van der Waals surface area contributed by atoms with Crippen molar-refractivity contribution in [3.05, 3.63) is 75.6 Å². The van der Waals surface area contributed by atoms with Gasteiger partial charge in [-0.05, 0) is 73.8 Å². The van der Waals surface area contributed by atoms with E-state index in [4.69, 9.17) is 16.3 Å². The molecule has 0 bridgehead atoms. The molecule has 208 valence electrons. The molecule has 0 spiro atoms. The molecular formula is C30H31ClFN5O2S. The van der Waals surface area contributed by atoms with Crippen molar-refractivity contribution in [2.24, 2.45) is 0 Å². The highest BCUT2D eigenvalue weighted by molar-refractivity contribution is 7.19. The monoisotopic (exact) mass is 579 g/mol. The second-order valence-electron chi connectivity index (χ2n) is 10.3. The number of benzene rings is 2. The average Bonchev–Trinajstić information content (AvgIpc) is 3.35. The van der Waals surface area contributed by atoms with E-state index < -0.39 is 0 Å². The SMILES string of the molecule is O=C(CCN1CCCCC1)N1CCc2c(sc3ncnc(Nc4ccc(OCc5cccc(F)c5)c(Cl)c4)c23)C1. The summed E-state index contributed by atoms with van der Waals surface area (Å²) in [5, 5.41) is 4.85. The number of piperidine rings is 1. The molecule has 1 fully saturated rings. The van der Waals surface area contributed by atoms with Gasteiger partial charge in [-0.25, -0.2) is 14.4 Å². The Labute approximate surface area is 241 Å². The van der Waals surface area contributed by atoms with E-state index in [9.17, 15) is 9.18 Å². The molecule has 1 saturated heterocycles. The second-order valence-corrected chi connectivity index (χ2v) is 11.8. The highest BCUT2D eigenvalue weighted by Crippen LogP contribution is 2.39. The Morgan fingerprint density at radius 2 is 1.98 bits per heavy atom. The Hall–Kier alpha value is -3.27. The Bertz CT molecular complexity index is 1520. The van der Waals surface area contributed by atoms with Gasteiger partial charge < -0.3 is 19.9 Å². The van der Waals surface area contributed by atoms with Crippen LogP contribution in [-0.2, 0) is 24.4 Å². The molecule has 1 N–H and O–H groups in total. The van der Waals surface area contributed by atoms with Gasteiger partial charge in [0.25, 0.3) is 0 Å². The summed E-state index contributed by atoms with van der Waals surface area (Å²) in [7, 11) is 0. The predicted octanol–water partition coefficient (Wildman–Crippen LogP) is 6.57. The molecule has 2 aromatic heterocycles. The number of nitrogens with one attached hydrogen (secondary N) is 1. The normalized spacial score (nSPS) is 15.7. The molecule has 1 amide bonds. The molecule has 7 nitrogen and oxygen atoms in total. The fourth-order valence-corrected chi connectivity index (χ4v) is 6.89. The van der Waals surface area contributed by atoms with Gasteiger partial charge in [0.05, 0.1) is 17.0 Å². The maximum atomic E-state index is 13.5. The van der Waals surface area contributed by atoms with Crippen molar-refractivity contribution in [2.45, 2.75) is 45.3 Å². The van der Waals surface area contributed by atoms with Crippen LogP contribution < -0.4 is 10.1 Å². The number of fused-ring (bicyclic) bond motifs is 3. The lowest BCUT2D eigenvalue weighted by atomic mass is 10.0. The molecule has 0 saturated carbocycles. The van der Waals surface area contributed by atoms with Crippen molar-refractivity contribution < 1.29 is 13.9 Å². The molecule has 0 radical (unpaired) electrons. The van der Waals surface area contributed by atoms with Crippen LogP contribution in [0.25, 0.3) is 10.2 Å². The summed E-state index contributed by atoms with van der Waals surface area (Å²) in [5.41, 5.74) is 2.71. The van der Waals surface area contributed by atoms with Crippen LogP contribution in [0.2, 0.25) is 5.02 Å². The largest absolute Gasteiger partial charge is 0.487 e. The molecule has 4 heterocycles. The summed E-state index contributed by atoms with van der Waals surface area (Å²) in [4.78, 5) is 28.6. The highest BCUT2D eigenvalue weighted by Gasteiger charge is 2.26. The first-order valence-corrected chi connectivity index (χ1v) is 14.9. The van der Waals surface area contributed by atoms with Crippen LogP contribution in [0.5, 0.6) is 5.75 Å². The first kappa shape index (κ1) is 26.9. The van der Waals surface area contributed by atoms with Gasteiger partial charge in [0, 0.05) is 30.1 Å². The Kier molecular flexibility index (Phi) is 8.13. The first-order chi connectivity index (χ1) is 19.5. The molecule has 4 aromatic rings. The van der Waals surface area contributed by atoms with Gasteiger partial charge in [-0.1, -0.05) is 30.2 Å². The van der Waals surface area contributed by atoms with Gasteiger partial charge in [-0.3, -0.25) is 4.79 Å². The molecule has 0 unspecified atom stereocenters. The van der Waals surface area contributed by atoms with Gasteiger partial charge in [0.1, 0.15) is 35.1 Å². The Morgan fingerprint density at radius 1 is 1.10 bits per heavy atom. The van der Waals surface area contributed by atoms with E-state index in [1.807, 2.05) is 11.0 Å². The molecule has 10 heteroatoms. The summed E-state index contributed by atoms with van der Waals surface area (Å²) in [6.07, 6.45) is 6.69. The quantitative estimate of drug-likeness (QED) is 0.255. The summed E-state index contributed by atoms with van der Waals surface area (Å²) < 4.78 is 19.3. The van der Waals surface area contributed by atoms with Crippen LogP contribution in [0.4, 0.5) is 15.9 Å². The average molecular weight is 580 g/mol. The zero-order valence-corrected chi connectivity index (χ0v) is 23.7. The maximum absolute atomic E-state index is 13.5. The van der Waals surface area contributed by atoms with Crippen molar-refractivity contribution in [3.8, 4) is 5.75 Å². The van der Waals surface area contributed by atoms with Crippen LogP contribution in [0.3, 0.4) is 0 Å². The third kappa shape index (κ3) is 6.06. The predicted molar refractivity (Wildman–Crippen MR) is 157 cm³/mol. The van der Waals surface area contributed by atoms with E-state index in [0.717, 1.165) is 53.3 Å². The molecule has 6 rings (SSSR count). The number of aromatic nitrogens is 2. The maximum Gasteiger partial charge on any atom is 0.224 e. The number of hydrogen-bond acceptors (Lipinski definition) is 7. The zero-order chi connectivity index (χ0) is 27.5. The van der Waals surface area contributed by atoms with Crippen LogP contribution in [0.1, 0.15) is 41.7 Å². The Balaban J connectivity index is 1.13. The van der Waals surface area contributed by atoms with Crippen molar-refractivity contribution in [3.63, 3.8) is 0 Å². The summed E-state index contributed by atoms with van der Waals surface area (Å²) >= 11 is 8.15. The third-order valence-corrected chi connectivity index (χ3v) is 8.98. The fraction of sp³-hybridized carbons (Fsp3) is 0.367. The Morgan fingerprint density at radius 3 is 2.80 bits per heavy atom. The number of hydrogen-bond donors (Lipinski definition) is 1. The number of halogens is 2. The minimum absolute atomic E-state index is 0.218. The lowest BCUT2D eigenvalue weighted by Crippen LogP contribution is -2.38. The van der Waals surface area contributed by atoms with Crippen molar-refractivity contribution >= 4 is 50.6 Å². The summed E-state index contributed by atoms with van der Waals surface area (Å²) in [6, 6.07) is 11.8. The number of anilines is 2. The van der Waals surface area contributed by atoms with Crippen molar-refractivity contribution in [1.82, 2.24) is 19.8 Å². The number of carbonyl (C=O) groups is 1. The number of rotatable bonds is 8. The number of amides is 1. The van der Waals surface area contributed by atoms with Crippen LogP contribution in [0, 0.1) is 5.82 Å². The minimum Gasteiger partial charge on any atom is -0.487 e. The standard InChI is InChI=1S/C30H31ClFN5O2S/c31-24-16-22(7-8-25(24)39-18-20-5-4-6-21(32)15-20)35-29-28-23-9-14-37(17-26(23)40-30(28)34-19-33-29)27(38)10-13-36-11-2-1-3-12-36/h4-8,15-16,19H,1-3,9-14,17-18H2,(H,33,34,35). The molecule has 40 heavy (non-hydrogen) atoms. The van der Waals surface area contributed by atoms with Gasteiger partial charge in [0.15, 0.2) is 0 Å². The zero-order valence-electron chi connectivity index (χ0n) is 22.2. The molecule has 0 atom stereocenters. The van der Waals surface area contributed by atoms with Crippen LogP contribution in [-0.4, -0.2) is 51.9 Å². The van der Waals surface area contributed by atoms with E-state index >= 15 is 0 Å². The van der Waals surface area contributed by atoms with E-state index in [1.165, 1.54) is 41.8 Å². The smallest absolute Gasteiger partial charge is 0.224 e. The molecule has 2 aromatic carbocycles. The van der Waals surface area contributed by atoms with Gasteiger partial charge >= 0.3 is 0 Å². The summed E-state index contributed by atoms with van der Waals surface area (Å²) in [6.45, 7) is 4.62. The van der Waals surface area contributed by atoms with Crippen LogP contribution in [0.15, 0.2) is 48.8 Å². The number of thiophene rings is 1. The van der Waals surface area contributed by atoms with Gasteiger partial charge in [-0.2, -0.15) is 0 Å². The second kappa shape index (κ2) is 12.1. The molecular weight excluding hydrogens is 549 g/mol. The minimum atomic E-state index is -0.300. The number of carbonyl (C=O) groups excluding carboxylic acids is 1. The van der Waals surface area contributed by atoms with E-state index in [0.29, 0.717) is 30.3 Å². The fourth-order valence-electron chi connectivity index (χ4n) is 5.45. The van der Waals surface area contributed by atoms with E-state index in [2.05, 4.69) is 20.2 Å². The number of ether oxygens (including phenoxy) is 1. The lowest BCUT2D eigenvalue weighted by molar-refractivity contribution is -0.132. The third-order valence-electron chi connectivity index (χ3n) is 7.56. The van der Waals surface area contributed by atoms with E-state index in [1.54, 1.807) is 41.9 Å². The van der Waals surface area contributed by atoms with Crippen molar-refractivity contribution in [1.29, 1.82) is 0 Å². The number of likely N-dealkylation sites (tertiary alicyclic amines) is 1. The summed E-state index contributed by atoms with van der Waals surface area (Å²) in [5.74, 6) is 1.16. The molecule has 0 aliphatic carbocycles. The topological polar surface area (TPSA) is 70.6 Å². The first-order valence-electron chi connectivity index (χ1n) is 13.7. The van der Waals surface area contributed by atoms with Gasteiger partial charge in [-0.15, -0.1) is 11.3 Å². The van der Waals surface area contributed by atoms with Crippen molar-refractivity contribution in [2.75, 3.05) is 31.5 Å². The highest BCUT2D eigenvalue weighted by atomic mass is 35.5. The van der Waals surface area contributed by atoms with Crippen LogP contribution >= 0.6 is 22.9 Å². The van der Waals surface area contributed by atoms with Gasteiger partial charge in [0.2, 0.25) is 5.91 Å². The van der Waals surface area contributed by atoms with E-state index in [-0.39, 0.29) is 18.3 Å². The number of nitrogens with zero attached hydrogens (tertiary/aromatic N) is 4. The molecule has 2 aliphatic heterocycles.